The van der Waals surface area contributed by atoms with E-state index in [9.17, 15) is 4.79 Å². The number of rotatable bonds is 11. The van der Waals surface area contributed by atoms with Crippen molar-refractivity contribution in [3.8, 4) is 0 Å². The second kappa shape index (κ2) is 11.9. The predicted molar refractivity (Wildman–Crippen MR) is 73.2 cm³/mol. The summed E-state index contributed by atoms with van der Waals surface area (Å²) in [6, 6.07) is -0.0338. The molecule has 1 atom stereocenters. The molecule has 0 saturated carbocycles. The van der Waals surface area contributed by atoms with Crippen molar-refractivity contribution in [2.75, 3.05) is 27.2 Å². The zero-order valence-electron chi connectivity index (χ0n) is 11.6. The van der Waals surface area contributed by atoms with Crippen LogP contribution < -0.4 is 16.0 Å². The molecule has 1 amide bonds. The van der Waals surface area contributed by atoms with E-state index in [2.05, 4.69) is 22.9 Å². The van der Waals surface area contributed by atoms with Gasteiger partial charge in [-0.3, -0.25) is 4.79 Å². The summed E-state index contributed by atoms with van der Waals surface area (Å²) in [6.45, 7) is 4.00. The normalized spacial score (nSPS) is 12.4. The van der Waals surface area contributed by atoms with E-state index in [0.717, 1.165) is 38.8 Å². The molecule has 4 nitrogen and oxygen atoms in total. The van der Waals surface area contributed by atoms with Crippen LogP contribution in [0.5, 0.6) is 0 Å². The molecule has 0 aromatic heterocycles. The highest BCUT2D eigenvalue weighted by Crippen LogP contribution is 2.01. The lowest BCUT2D eigenvalue weighted by molar-refractivity contribution is -0.123. The molecule has 0 saturated heterocycles. The molecule has 0 radical (unpaired) electrons. The fourth-order valence-electron chi connectivity index (χ4n) is 1.77. The summed E-state index contributed by atoms with van der Waals surface area (Å²) in [6.07, 6.45) is 6.57. The summed E-state index contributed by atoms with van der Waals surface area (Å²) >= 11 is 0. The molecule has 17 heavy (non-hydrogen) atoms. The maximum atomic E-state index is 11.8. The van der Waals surface area contributed by atoms with Crippen molar-refractivity contribution in [2.24, 2.45) is 0 Å². The lowest BCUT2D eigenvalue weighted by Gasteiger charge is -2.15. The first-order chi connectivity index (χ1) is 8.26. The number of likely N-dealkylation sites (N-methyl/N-ethyl adjacent to an activating group) is 1. The summed E-state index contributed by atoms with van der Waals surface area (Å²) in [4.78, 5) is 11.8. The SMILES string of the molecule is CCCCCNC(=O)C(CCCCNC)NC. The van der Waals surface area contributed by atoms with E-state index in [1.54, 1.807) is 0 Å². The minimum atomic E-state index is -0.0338. The second-order valence-electron chi connectivity index (χ2n) is 4.44. The Kier molecular flexibility index (Phi) is 11.4. The lowest BCUT2D eigenvalue weighted by atomic mass is 10.1. The van der Waals surface area contributed by atoms with Crippen LogP contribution in [0.4, 0.5) is 0 Å². The highest BCUT2D eigenvalue weighted by molar-refractivity contribution is 5.81. The van der Waals surface area contributed by atoms with Gasteiger partial charge >= 0.3 is 0 Å². The number of unbranched alkanes of at least 4 members (excludes halogenated alkanes) is 3. The Bertz CT molecular complexity index is 186. The molecule has 0 heterocycles. The summed E-state index contributed by atoms with van der Waals surface area (Å²) < 4.78 is 0. The van der Waals surface area contributed by atoms with Crippen LogP contribution in [0.25, 0.3) is 0 Å². The van der Waals surface area contributed by atoms with Crippen LogP contribution in [0.15, 0.2) is 0 Å². The predicted octanol–water partition coefficient (Wildman–Crippen LogP) is 1.27. The zero-order valence-corrected chi connectivity index (χ0v) is 11.6. The molecule has 0 fully saturated rings. The molecular formula is C13H29N3O. The topological polar surface area (TPSA) is 53.2 Å². The summed E-state index contributed by atoms with van der Waals surface area (Å²) in [7, 11) is 3.81. The second-order valence-corrected chi connectivity index (χ2v) is 4.44. The number of carbonyl (C=O) groups is 1. The van der Waals surface area contributed by atoms with E-state index in [0.29, 0.717) is 0 Å². The summed E-state index contributed by atoms with van der Waals surface area (Å²) in [5.74, 6) is 0.146. The van der Waals surface area contributed by atoms with Crippen molar-refractivity contribution in [3.63, 3.8) is 0 Å². The molecule has 4 heteroatoms. The Morgan fingerprint density at radius 2 is 1.76 bits per heavy atom. The van der Waals surface area contributed by atoms with Crippen molar-refractivity contribution >= 4 is 5.91 Å². The number of hydrogen-bond acceptors (Lipinski definition) is 3. The Morgan fingerprint density at radius 3 is 2.35 bits per heavy atom. The van der Waals surface area contributed by atoms with Crippen molar-refractivity contribution in [2.45, 2.75) is 51.5 Å². The first-order valence-electron chi connectivity index (χ1n) is 6.85. The van der Waals surface area contributed by atoms with Crippen LogP contribution >= 0.6 is 0 Å². The van der Waals surface area contributed by atoms with Gasteiger partial charge in [0.15, 0.2) is 0 Å². The van der Waals surface area contributed by atoms with Gasteiger partial charge in [0.25, 0.3) is 0 Å². The molecule has 0 aliphatic carbocycles. The fraction of sp³-hybridized carbons (Fsp3) is 0.923. The lowest BCUT2D eigenvalue weighted by Crippen LogP contribution is -2.42. The van der Waals surface area contributed by atoms with Gasteiger partial charge in [0, 0.05) is 6.54 Å². The Labute approximate surface area is 106 Å². The van der Waals surface area contributed by atoms with Crippen LogP contribution in [0.2, 0.25) is 0 Å². The molecule has 1 unspecified atom stereocenters. The van der Waals surface area contributed by atoms with Gasteiger partial charge in [-0.15, -0.1) is 0 Å². The third-order valence-electron chi connectivity index (χ3n) is 2.91. The molecule has 0 rings (SSSR count). The van der Waals surface area contributed by atoms with Gasteiger partial charge < -0.3 is 16.0 Å². The highest BCUT2D eigenvalue weighted by atomic mass is 16.2. The molecule has 0 spiro atoms. The first kappa shape index (κ1) is 16.4. The number of nitrogens with one attached hydrogen (secondary N) is 3. The quantitative estimate of drug-likeness (QED) is 0.479. The van der Waals surface area contributed by atoms with Crippen LogP contribution in [0.3, 0.4) is 0 Å². The monoisotopic (exact) mass is 243 g/mol. The minimum absolute atomic E-state index is 0.0338. The van der Waals surface area contributed by atoms with Crippen molar-refractivity contribution < 1.29 is 4.79 Å². The van der Waals surface area contributed by atoms with Crippen LogP contribution in [-0.4, -0.2) is 39.1 Å². The number of carbonyl (C=O) groups excluding carboxylic acids is 1. The molecule has 3 N–H and O–H groups in total. The van der Waals surface area contributed by atoms with E-state index in [4.69, 9.17) is 0 Å². The molecule has 0 aliphatic rings. The maximum absolute atomic E-state index is 11.8. The fourth-order valence-corrected chi connectivity index (χ4v) is 1.77. The third-order valence-corrected chi connectivity index (χ3v) is 2.91. The largest absolute Gasteiger partial charge is 0.355 e. The molecule has 0 aromatic rings. The molecule has 0 bridgehead atoms. The van der Waals surface area contributed by atoms with Gasteiger partial charge in [-0.25, -0.2) is 0 Å². The summed E-state index contributed by atoms with van der Waals surface area (Å²) in [5, 5.41) is 9.20. The average molecular weight is 243 g/mol. The van der Waals surface area contributed by atoms with Gasteiger partial charge in [-0.2, -0.15) is 0 Å². The van der Waals surface area contributed by atoms with Gasteiger partial charge in [0.2, 0.25) is 5.91 Å². The Balaban J connectivity index is 3.64. The Hall–Kier alpha value is -0.610. The zero-order chi connectivity index (χ0) is 12.9. The molecular weight excluding hydrogens is 214 g/mol. The van der Waals surface area contributed by atoms with E-state index < -0.39 is 0 Å². The first-order valence-corrected chi connectivity index (χ1v) is 6.85. The summed E-state index contributed by atoms with van der Waals surface area (Å²) in [5.41, 5.74) is 0. The van der Waals surface area contributed by atoms with Crippen LogP contribution in [0, 0.1) is 0 Å². The Morgan fingerprint density at radius 1 is 1.06 bits per heavy atom. The van der Waals surface area contributed by atoms with Crippen molar-refractivity contribution in [1.29, 1.82) is 0 Å². The average Bonchev–Trinajstić information content (AvgIpc) is 2.34. The van der Waals surface area contributed by atoms with Gasteiger partial charge in [0.05, 0.1) is 6.04 Å². The number of hydrogen-bond donors (Lipinski definition) is 3. The minimum Gasteiger partial charge on any atom is -0.355 e. The highest BCUT2D eigenvalue weighted by Gasteiger charge is 2.14. The molecule has 0 aliphatic heterocycles. The smallest absolute Gasteiger partial charge is 0.237 e. The number of amides is 1. The van der Waals surface area contributed by atoms with E-state index in [1.807, 2.05) is 14.1 Å². The standard InChI is InChI=1S/C13H29N3O/c1-4-5-7-11-16-13(17)12(15-3)9-6-8-10-14-2/h12,14-15H,4-11H2,1-3H3,(H,16,17). The third kappa shape index (κ3) is 9.12. The molecule has 0 aromatic carbocycles. The van der Waals surface area contributed by atoms with Gasteiger partial charge in [-0.1, -0.05) is 26.2 Å². The van der Waals surface area contributed by atoms with Gasteiger partial charge in [0.1, 0.15) is 0 Å². The van der Waals surface area contributed by atoms with E-state index in [1.165, 1.54) is 12.8 Å². The maximum Gasteiger partial charge on any atom is 0.237 e. The van der Waals surface area contributed by atoms with E-state index >= 15 is 0 Å². The van der Waals surface area contributed by atoms with Gasteiger partial charge in [-0.05, 0) is 39.9 Å². The molecule has 102 valence electrons. The van der Waals surface area contributed by atoms with Crippen LogP contribution in [-0.2, 0) is 4.79 Å². The van der Waals surface area contributed by atoms with E-state index in [-0.39, 0.29) is 11.9 Å². The van der Waals surface area contributed by atoms with Crippen molar-refractivity contribution in [1.82, 2.24) is 16.0 Å². The van der Waals surface area contributed by atoms with Crippen LogP contribution in [0.1, 0.15) is 45.4 Å². The van der Waals surface area contributed by atoms with Crippen molar-refractivity contribution in [3.05, 3.63) is 0 Å².